The highest BCUT2D eigenvalue weighted by molar-refractivity contribution is 6.33. The molecule has 0 aromatic heterocycles. The maximum atomic E-state index is 6.14. The first-order valence-electron chi connectivity index (χ1n) is 5.94. The fourth-order valence-corrected chi connectivity index (χ4v) is 2.98. The third-order valence-electron chi connectivity index (χ3n) is 4.53. The molecule has 0 radical (unpaired) electrons. The summed E-state index contributed by atoms with van der Waals surface area (Å²) in [5.74, 6) is 0. The van der Waals surface area contributed by atoms with Crippen LogP contribution in [-0.4, -0.2) is 6.04 Å². The minimum Gasteiger partial charge on any atom is -0.309 e. The summed E-state index contributed by atoms with van der Waals surface area (Å²) < 4.78 is 0. The summed E-state index contributed by atoms with van der Waals surface area (Å²) in [5.41, 5.74) is 1.76. The van der Waals surface area contributed by atoms with Crippen molar-refractivity contribution in [2.45, 2.75) is 40.3 Å². The van der Waals surface area contributed by atoms with Crippen LogP contribution in [0.3, 0.4) is 0 Å². The smallest absolute Gasteiger partial charge is 0.0451 e. The molecule has 1 aliphatic carbocycles. The third-order valence-corrected chi connectivity index (χ3v) is 5.13. The molecule has 0 aliphatic heterocycles. The quantitative estimate of drug-likeness (QED) is 0.853. The Morgan fingerprint density at radius 2 is 1.71 bits per heavy atom. The van der Waals surface area contributed by atoms with Crippen molar-refractivity contribution in [3.63, 3.8) is 0 Å². The summed E-state index contributed by atoms with van der Waals surface area (Å²) in [7, 11) is 0. The van der Waals surface area contributed by atoms with Crippen LogP contribution in [0.25, 0.3) is 0 Å². The van der Waals surface area contributed by atoms with Crippen molar-refractivity contribution in [2.24, 2.45) is 10.8 Å². The lowest BCUT2D eigenvalue weighted by Crippen LogP contribution is -2.21. The second kappa shape index (κ2) is 4.15. The van der Waals surface area contributed by atoms with E-state index in [1.165, 1.54) is 0 Å². The monoisotopic (exact) mass is 271 g/mol. The number of halogens is 2. The van der Waals surface area contributed by atoms with Crippen molar-refractivity contribution in [2.75, 3.05) is 0 Å². The van der Waals surface area contributed by atoms with Gasteiger partial charge in [-0.2, -0.15) is 0 Å². The minimum atomic E-state index is 0.345. The van der Waals surface area contributed by atoms with Gasteiger partial charge >= 0.3 is 0 Å². The van der Waals surface area contributed by atoms with E-state index in [-0.39, 0.29) is 0 Å². The number of benzene rings is 1. The second-order valence-corrected chi connectivity index (χ2v) is 6.84. The lowest BCUT2D eigenvalue weighted by Gasteiger charge is -2.08. The van der Waals surface area contributed by atoms with Gasteiger partial charge in [0.15, 0.2) is 0 Å². The van der Waals surface area contributed by atoms with Gasteiger partial charge in [-0.25, -0.2) is 0 Å². The maximum Gasteiger partial charge on any atom is 0.0451 e. The summed E-state index contributed by atoms with van der Waals surface area (Å²) in [6.07, 6.45) is 0. The van der Waals surface area contributed by atoms with Crippen LogP contribution in [0.4, 0.5) is 0 Å². The van der Waals surface area contributed by atoms with Crippen LogP contribution in [0.2, 0.25) is 10.0 Å². The lowest BCUT2D eigenvalue weighted by molar-refractivity contribution is 0.457. The molecule has 0 heterocycles. The largest absolute Gasteiger partial charge is 0.309 e. The topological polar surface area (TPSA) is 12.0 Å². The fraction of sp³-hybridized carbons (Fsp3) is 0.571. The van der Waals surface area contributed by atoms with Gasteiger partial charge in [0.25, 0.3) is 0 Å². The molecular weight excluding hydrogens is 253 g/mol. The highest BCUT2D eigenvalue weighted by Crippen LogP contribution is 2.62. The Balaban J connectivity index is 2.03. The standard InChI is InChI=1S/C14H19Cl2N/c1-13(2)12(14(13,3)4)17-8-9-7-10(15)5-6-11(9)16/h5-7,12,17H,8H2,1-4H3. The Morgan fingerprint density at radius 1 is 1.12 bits per heavy atom. The van der Waals surface area contributed by atoms with Crippen molar-refractivity contribution in [3.8, 4) is 0 Å². The van der Waals surface area contributed by atoms with Crippen LogP contribution >= 0.6 is 23.2 Å². The van der Waals surface area contributed by atoms with Crippen LogP contribution in [0, 0.1) is 10.8 Å². The van der Waals surface area contributed by atoms with Crippen molar-refractivity contribution in [3.05, 3.63) is 33.8 Å². The van der Waals surface area contributed by atoms with Gasteiger partial charge in [-0.05, 0) is 34.6 Å². The molecule has 0 unspecified atom stereocenters. The average molecular weight is 272 g/mol. The minimum absolute atomic E-state index is 0.345. The molecule has 3 heteroatoms. The van der Waals surface area contributed by atoms with Gasteiger partial charge in [0.1, 0.15) is 0 Å². The van der Waals surface area contributed by atoms with Gasteiger partial charge in [-0.15, -0.1) is 0 Å². The van der Waals surface area contributed by atoms with Crippen molar-refractivity contribution in [1.29, 1.82) is 0 Å². The highest BCUT2D eigenvalue weighted by atomic mass is 35.5. The molecule has 1 aromatic rings. The van der Waals surface area contributed by atoms with E-state index in [4.69, 9.17) is 23.2 Å². The Bertz CT molecular complexity index is 424. The zero-order valence-electron chi connectivity index (χ0n) is 10.8. The summed E-state index contributed by atoms with van der Waals surface area (Å²) in [6.45, 7) is 9.96. The van der Waals surface area contributed by atoms with E-state index in [2.05, 4.69) is 33.0 Å². The van der Waals surface area contributed by atoms with Crippen molar-refractivity contribution >= 4 is 23.2 Å². The first kappa shape index (κ1) is 13.2. The average Bonchev–Trinajstić information content (AvgIpc) is 2.60. The lowest BCUT2D eigenvalue weighted by atomic mass is 10.0. The van der Waals surface area contributed by atoms with E-state index >= 15 is 0 Å². The first-order chi connectivity index (χ1) is 7.76. The Morgan fingerprint density at radius 3 is 2.24 bits per heavy atom. The molecule has 17 heavy (non-hydrogen) atoms. The predicted octanol–water partition coefficient (Wildman–Crippen LogP) is 4.52. The van der Waals surface area contributed by atoms with E-state index in [0.29, 0.717) is 16.9 Å². The Hall–Kier alpha value is -0.240. The molecule has 1 aromatic carbocycles. The summed E-state index contributed by atoms with van der Waals surface area (Å²) in [5, 5.41) is 5.09. The van der Waals surface area contributed by atoms with E-state index in [1.54, 1.807) is 0 Å². The van der Waals surface area contributed by atoms with Crippen LogP contribution in [-0.2, 0) is 6.54 Å². The normalized spacial score (nSPS) is 21.5. The molecule has 2 rings (SSSR count). The Labute approximate surface area is 114 Å². The summed E-state index contributed by atoms with van der Waals surface area (Å²) in [6, 6.07) is 6.13. The number of rotatable bonds is 3. The summed E-state index contributed by atoms with van der Waals surface area (Å²) in [4.78, 5) is 0. The van der Waals surface area contributed by atoms with E-state index in [1.807, 2.05) is 18.2 Å². The molecule has 1 aliphatic rings. The zero-order valence-corrected chi connectivity index (χ0v) is 12.3. The van der Waals surface area contributed by atoms with Crippen LogP contribution in [0.5, 0.6) is 0 Å². The van der Waals surface area contributed by atoms with Crippen LogP contribution in [0.15, 0.2) is 18.2 Å². The van der Waals surface area contributed by atoms with Gasteiger partial charge in [0.05, 0.1) is 0 Å². The van der Waals surface area contributed by atoms with Gasteiger partial charge in [-0.3, -0.25) is 0 Å². The predicted molar refractivity (Wildman–Crippen MR) is 74.7 cm³/mol. The highest BCUT2D eigenvalue weighted by Gasteiger charge is 2.64. The molecule has 0 spiro atoms. The van der Waals surface area contributed by atoms with Crippen molar-refractivity contribution in [1.82, 2.24) is 5.32 Å². The van der Waals surface area contributed by atoms with E-state index in [0.717, 1.165) is 22.2 Å². The number of nitrogens with one attached hydrogen (secondary N) is 1. The maximum absolute atomic E-state index is 6.14. The molecule has 1 fully saturated rings. The zero-order chi connectivity index (χ0) is 12.8. The molecule has 1 nitrogen and oxygen atoms in total. The van der Waals surface area contributed by atoms with Crippen LogP contribution < -0.4 is 5.32 Å². The first-order valence-corrected chi connectivity index (χ1v) is 6.70. The summed E-state index contributed by atoms with van der Waals surface area (Å²) >= 11 is 12.1. The molecule has 0 atom stereocenters. The number of hydrogen-bond acceptors (Lipinski definition) is 1. The van der Waals surface area contributed by atoms with Crippen LogP contribution in [0.1, 0.15) is 33.3 Å². The molecule has 0 saturated heterocycles. The third kappa shape index (κ3) is 2.21. The van der Waals surface area contributed by atoms with E-state index in [9.17, 15) is 0 Å². The van der Waals surface area contributed by atoms with Gasteiger partial charge in [-0.1, -0.05) is 50.9 Å². The second-order valence-electron chi connectivity index (χ2n) is 5.99. The number of hydrogen-bond donors (Lipinski definition) is 1. The molecule has 0 bridgehead atoms. The van der Waals surface area contributed by atoms with Gasteiger partial charge < -0.3 is 5.32 Å². The van der Waals surface area contributed by atoms with Gasteiger partial charge in [0, 0.05) is 22.6 Å². The van der Waals surface area contributed by atoms with Crippen molar-refractivity contribution < 1.29 is 0 Å². The van der Waals surface area contributed by atoms with E-state index < -0.39 is 0 Å². The molecule has 0 amide bonds. The SMILES string of the molecule is CC1(C)C(NCc2cc(Cl)ccc2Cl)C1(C)C. The molecule has 1 saturated carbocycles. The molecule has 1 N–H and O–H groups in total. The van der Waals surface area contributed by atoms with Gasteiger partial charge in [0.2, 0.25) is 0 Å². The Kier molecular flexibility index (Phi) is 3.22. The molecular formula is C14H19Cl2N. The molecule has 94 valence electrons. The fourth-order valence-electron chi connectivity index (χ4n) is 2.60.